The highest BCUT2D eigenvalue weighted by Gasteiger charge is 2.08. The second-order valence-corrected chi connectivity index (χ2v) is 5.83. The Kier molecular flexibility index (Phi) is 4.93. The predicted octanol–water partition coefficient (Wildman–Crippen LogP) is 2.89. The van der Waals surface area contributed by atoms with E-state index in [0.717, 1.165) is 10.7 Å². The van der Waals surface area contributed by atoms with E-state index in [0.29, 0.717) is 16.3 Å². The van der Waals surface area contributed by atoms with Crippen molar-refractivity contribution in [3.63, 3.8) is 0 Å². The Hall–Kier alpha value is -1.92. The molecule has 5 nitrogen and oxygen atoms in total. The van der Waals surface area contributed by atoms with Crippen LogP contribution in [0.4, 0.5) is 0 Å². The molecule has 0 aliphatic heterocycles. The first-order valence-electron chi connectivity index (χ1n) is 6.18. The zero-order chi connectivity index (χ0) is 15.4. The van der Waals surface area contributed by atoms with Crippen LogP contribution in [0.25, 0.3) is 0 Å². The van der Waals surface area contributed by atoms with Crippen LogP contribution in [0.3, 0.4) is 0 Å². The molecule has 0 aliphatic carbocycles. The number of aromatic nitrogens is 1. The van der Waals surface area contributed by atoms with E-state index in [2.05, 4.69) is 15.5 Å². The van der Waals surface area contributed by atoms with Crippen molar-refractivity contribution >= 4 is 34.6 Å². The monoisotopic (exact) mass is 323 g/mol. The topological polar surface area (TPSA) is 74.6 Å². The molecule has 0 radical (unpaired) electrons. The molecule has 1 aromatic heterocycles. The van der Waals surface area contributed by atoms with Gasteiger partial charge in [0.25, 0.3) is 0 Å². The van der Waals surface area contributed by atoms with Crippen molar-refractivity contribution in [2.24, 2.45) is 5.10 Å². The molecule has 2 aromatic rings. The fourth-order valence-electron chi connectivity index (χ4n) is 1.67. The van der Waals surface area contributed by atoms with Crippen LogP contribution in [0.15, 0.2) is 28.7 Å². The van der Waals surface area contributed by atoms with E-state index < -0.39 is 0 Å². The van der Waals surface area contributed by atoms with Gasteiger partial charge >= 0.3 is 0 Å². The summed E-state index contributed by atoms with van der Waals surface area (Å²) in [4.78, 5) is 16.0. The summed E-state index contributed by atoms with van der Waals surface area (Å²) in [6.07, 6.45) is 0.177. The van der Waals surface area contributed by atoms with E-state index in [1.165, 1.54) is 17.4 Å². The van der Waals surface area contributed by atoms with Crippen molar-refractivity contribution < 1.29 is 9.90 Å². The summed E-state index contributed by atoms with van der Waals surface area (Å²) in [7, 11) is 0. The van der Waals surface area contributed by atoms with Crippen molar-refractivity contribution in [3.8, 4) is 5.75 Å². The van der Waals surface area contributed by atoms with Crippen molar-refractivity contribution in [1.82, 2.24) is 10.4 Å². The maximum absolute atomic E-state index is 11.8. The van der Waals surface area contributed by atoms with Gasteiger partial charge < -0.3 is 5.11 Å². The largest absolute Gasteiger partial charge is 0.507 e. The van der Waals surface area contributed by atoms with Crippen LogP contribution in [-0.2, 0) is 11.2 Å². The lowest BCUT2D eigenvalue weighted by Gasteiger charge is -2.05. The van der Waals surface area contributed by atoms with Gasteiger partial charge in [-0.3, -0.25) is 4.79 Å². The molecule has 1 heterocycles. The third-order valence-corrected chi connectivity index (χ3v) is 3.88. The van der Waals surface area contributed by atoms with Gasteiger partial charge in [-0.2, -0.15) is 5.10 Å². The number of phenolic OH excluding ortho intramolecular Hbond substituents is 1. The zero-order valence-corrected chi connectivity index (χ0v) is 13.1. The summed E-state index contributed by atoms with van der Waals surface area (Å²) >= 11 is 7.31. The Morgan fingerprint density at radius 2 is 2.29 bits per heavy atom. The Labute approximate surface area is 131 Å². The van der Waals surface area contributed by atoms with Gasteiger partial charge in [0.15, 0.2) is 0 Å². The number of rotatable bonds is 4. The molecule has 0 fully saturated rings. The number of nitrogens with one attached hydrogen (secondary N) is 1. The molecule has 2 N–H and O–H groups in total. The number of aromatic hydroxyl groups is 1. The van der Waals surface area contributed by atoms with Crippen LogP contribution >= 0.6 is 22.9 Å². The van der Waals surface area contributed by atoms with E-state index in [1.54, 1.807) is 19.1 Å². The minimum atomic E-state index is -0.259. The number of hydrogen-bond acceptors (Lipinski definition) is 5. The number of nitrogens with zero attached hydrogens (tertiary/aromatic N) is 2. The van der Waals surface area contributed by atoms with Gasteiger partial charge in [-0.05, 0) is 32.0 Å². The number of hydrogen-bond donors (Lipinski definition) is 2. The lowest BCUT2D eigenvalue weighted by atomic mass is 10.1. The van der Waals surface area contributed by atoms with Gasteiger partial charge in [-0.25, -0.2) is 10.4 Å². The molecule has 0 saturated heterocycles. The fraction of sp³-hybridized carbons (Fsp3) is 0.214. The second kappa shape index (κ2) is 6.69. The van der Waals surface area contributed by atoms with Crippen molar-refractivity contribution in [2.75, 3.05) is 0 Å². The first-order valence-corrected chi connectivity index (χ1v) is 7.44. The van der Waals surface area contributed by atoms with E-state index in [4.69, 9.17) is 11.6 Å². The van der Waals surface area contributed by atoms with E-state index in [1.807, 2.05) is 12.3 Å². The first-order chi connectivity index (χ1) is 9.95. The maximum Gasteiger partial charge on any atom is 0.246 e. The van der Waals surface area contributed by atoms with Crippen molar-refractivity contribution in [1.29, 1.82) is 0 Å². The standard InChI is InChI=1S/C14H14ClN3O2S/c1-8-7-21-14(16-8)6-13(20)18-17-9(2)11-5-10(15)3-4-12(11)19/h3-5,7,19H,6H2,1-2H3,(H,18,20)/b17-9+. The lowest BCUT2D eigenvalue weighted by Crippen LogP contribution is -2.21. The number of carbonyl (C=O) groups excluding carboxylic acids is 1. The average molecular weight is 324 g/mol. The number of amides is 1. The maximum atomic E-state index is 11.8. The Morgan fingerprint density at radius 3 is 2.95 bits per heavy atom. The van der Waals surface area contributed by atoms with Crippen LogP contribution in [0.1, 0.15) is 23.2 Å². The van der Waals surface area contributed by atoms with Crippen molar-refractivity contribution in [2.45, 2.75) is 20.3 Å². The summed E-state index contributed by atoms with van der Waals surface area (Å²) in [6, 6.07) is 4.65. The molecule has 7 heteroatoms. The number of halogens is 1. The molecule has 0 saturated carbocycles. The summed E-state index contributed by atoms with van der Waals surface area (Å²) in [5.74, 6) is -0.198. The second-order valence-electron chi connectivity index (χ2n) is 4.45. The molecule has 0 unspecified atom stereocenters. The summed E-state index contributed by atoms with van der Waals surface area (Å²) < 4.78 is 0. The van der Waals surface area contributed by atoms with Gasteiger partial charge in [-0.15, -0.1) is 11.3 Å². The number of benzene rings is 1. The van der Waals surface area contributed by atoms with E-state index in [-0.39, 0.29) is 18.1 Å². The number of hydrazone groups is 1. The molecule has 2 rings (SSSR count). The summed E-state index contributed by atoms with van der Waals surface area (Å²) in [6.45, 7) is 3.56. The normalized spacial score (nSPS) is 11.5. The lowest BCUT2D eigenvalue weighted by molar-refractivity contribution is -0.120. The molecule has 0 bridgehead atoms. The minimum absolute atomic E-state index is 0.0606. The predicted molar refractivity (Wildman–Crippen MR) is 84.0 cm³/mol. The van der Waals surface area contributed by atoms with Crippen LogP contribution in [0, 0.1) is 6.92 Å². The zero-order valence-electron chi connectivity index (χ0n) is 11.6. The smallest absolute Gasteiger partial charge is 0.246 e. The minimum Gasteiger partial charge on any atom is -0.507 e. The van der Waals surface area contributed by atoms with Crippen LogP contribution in [0.5, 0.6) is 5.75 Å². The first kappa shape index (κ1) is 15.5. The average Bonchev–Trinajstić information content (AvgIpc) is 2.84. The number of phenols is 1. The third kappa shape index (κ3) is 4.27. The van der Waals surface area contributed by atoms with Gasteiger partial charge in [0, 0.05) is 21.7 Å². The third-order valence-electron chi connectivity index (χ3n) is 2.68. The van der Waals surface area contributed by atoms with Crippen LogP contribution < -0.4 is 5.43 Å². The quantitative estimate of drug-likeness (QED) is 0.671. The highest BCUT2D eigenvalue weighted by molar-refractivity contribution is 7.09. The number of carbonyl (C=O) groups is 1. The van der Waals surface area contributed by atoms with Gasteiger partial charge in [0.1, 0.15) is 10.8 Å². The SMILES string of the molecule is C/C(=N\NC(=O)Cc1nc(C)cs1)c1cc(Cl)ccc1O. The molecule has 0 aliphatic rings. The van der Waals surface area contributed by atoms with Gasteiger partial charge in [-0.1, -0.05) is 11.6 Å². The molecule has 110 valence electrons. The van der Waals surface area contributed by atoms with E-state index in [9.17, 15) is 9.90 Å². The Balaban J connectivity index is 2.02. The van der Waals surface area contributed by atoms with E-state index >= 15 is 0 Å². The van der Waals surface area contributed by atoms with Crippen molar-refractivity contribution in [3.05, 3.63) is 44.9 Å². The van der Waals surface area contributed by atoms with Crippen LogP contribution in [0.2, 0.25) is 5.02 Å². The molecule has 0 atom stereocenters. The summed E-state index contributed by atoms with van der Waals surface area (Å²) in [5.41, 5.74) is 4.29. The van der Waals surface area contributed by atoms with Gasteiger partial charge in [0.05, 0.1) is 12.1 Å². The summed E-state index contributed by atoms with van der Waals surface area (Å²) in [5, 5.41) is 16.8. The molecule has 1 amide bonds. The van der Waals surface area contributed by atoms with Gasteiger partial charge in [0.2, 0.25) is 5.91 Å². The number of thiazole rings is 1. The molecule has 21 heavy (non-hydrogen) atoms. The molecular formula is C14H14ClN3O2S. The Morgan fingerprint density at radius 1 is 1.52 bits per heavy atom. The van der Waals surface area contributed by atoms with Crippen LogP contribution in [-0.4, -0.2) is 21.7 Å². The fourth-order valence-corrected chi connectivity index (χ4v) is 2.61. The molecule has 1 aromatic carbocycles. The molecular weight excluding hydrogens is 310 g/mol. The Bertz CT molecular complexity index is 697. The highest BCUT2D eigenvalue weighted by atomic mass is 35.5. The molecule has 0 spiro atoms. The highest BCUT2D eigenvalue weighted by Crippen LogP contribution is 2.22. The number of aryl methyl sites for hydroxylation is 1.